The number of benzene rings is 1. The largest absolute Gasteiger partial charge is 0.418 e. The van der Waals surface area contributed by atoms with E-state index >= 15 is 0 Å². The van der Waals surface area contributed by atoms with E-state index in [1.54, 1.807) is 0 Å². The highest BCUT2D eigenvalue weighted by molar-refractivity contribution is 7.80. The molecule has 7 heteroatoms. The van der Waals surface area contributed by atoms with E-state index in [0.29, 0.717) is 0 Å². The van der Waals surface area contributed by atoms with Crippen molar-refractivity contribution in [2.75, 3.05) is 0 Å². The first-order valence-electron chi connectivity index (χ1n) is 3.54. The summed E-state index contributed by atoms with van der Waals surface area (Å²) in [6.07, 6.45) is -3.50. The maximum Gasteiger partial charge on any atom is 0.418 e. The van der Waals surface area contributed by atoms with E-state index in [1.165, 1.54) is 0 Å². The summed E-state index contributed by atoms with van der Waals surface area (Å²) in [7, 11) is 0. The van der Waals surface area contributed by atoms with Gasteiger partial charge in [0.05, 0.1) is 16.3 Å². The Balaban J connectivity index is 3.50. The van der Waals surface area contributed by atoms with Gasteiger partial charge in [0.1, 0.15) is 0 Å². The van der Waals surface area contributed by atoms with E-state index in [1.807, 2.05) is 0 Å². The molecule has 0 amide bonds. The molecule has 2 nitrogen and oxygen atoms in total. The topological polar surface area (TPSA) is 29.4 Å². The molecule has 0 aliphatic heterocycles. The van der Waals surface area contributed by atoms with Gasteiger partial charge in [0, 0.05) is 4.90 Å². The summed E-state index contributed by atoms with van der Waals surface area (Å²) >= 11 is 9.01. The highest BCUT2D eigenvalue weighted by atomic mass is 35.5. The van der Waals surface area contributed by atoms with Crippen molar-refractivity contribution >= 4 is 36.0 Å². The SMILES string of the molecule is O=C=Nc1ccc(Cl)c(C(F)(F)F)c1S. The molecule has 15 heavy (non-hydrogen) atoms. The van der Waals surface area contributed by atoms with Crippen LogP contribution >= 0.6 is 24.2 Å². The molecular formula is C8H3ClF3NOS. The summed E-state index contributed by atoms with van der Waals surface area (Å²) in [6, 6.07) is 2.16. The van der Waals surface area contributed by atoms with Gasteiger partial charge in [-0.25, -0.2) is 4.79 Å². The predicted molar refractivity (Wildman–Crippen MR) is 51.5 cm³/mol. The molecule has 80 valence electrons. The Hall–Kier alpha value is -0.970. The van der Waals surface area contributed by atoms with Crippen LogP contribution in [0.5, 0.6) is 0 Å². The molecule has 0 fully saturated rings. The zero-order chi connectivity index (χ0) is 11.6. The molecule has 1 rings (SSSR count). The Morgan fingerprint density at radius 3 is 2.47 bits per heavy atom. The van der Waals surface area contributed by atoms with Crippen molar-refractivity contribution in [3.05, 3.63) is 22.7 Å². The van der Waals surface area contributed by atoms with Crippen molar-refractivity contribution in [2.24, 2.45) is 4.99 Å². The lowest BCUT2D eigenvalue weighted by Crippen LogP contribution is -2.07. The second-order valence-electron chi connectivity index (χ2n) is 2.49. The summed E-state index contributed by atoms with van der Waals surface area (Å²) in [4.78, 5) is 12.5. The summed E-state index contributed by atoms with van der Waals surface area (Å²) in [5, 5.41) is -0.489. The van der Waals surface area contributed by atoms with Crippen LogP contribution in [0.15, 0.2) is 22.0 Å². The number of carbonyl (C=O) groups excluding carboxylic acids is 1. The van der Waals surface area contributed by atoms with Crippen LogP contribution in [-0.4, -0.2) is 6.08 Å². The third kappa shape index (κ3) is 2.53. The molecular weight excluding hydrogens is 251 g/mol. The fourth-order valence-corrected chi connectivity index (χ4v) is 1.67. The molecule has 1 aromatic rings. The zero-order valence-corrected chi connectivity index (χ0v) is 8.62. The van der Waals surface area contributed by atoms with E-state index in [9.17, 15) is 18.0 Å². The monoisotopic (exact) mass is 253 g/mol. The molecule has 0 aliphatic rings. The lowest BCUT2D eigenvalue weighted by molar-refractivity contribution is -0.139. The number of halogens is 4. The number of hydrogen-bond donors (Lipinski definition) is 1. The second kappa shape index (κ2) is 4.26. The standard InChI is InChI=1S/C8H3ClF3NOS/c9-4-1-2-5(13-3-14)7(15)6(4)8(10,11)12/h1-2,15H. The average molecular weight is 254 g/mol. The maximum absolute atomic E-state index is 12.5. The molecule has 1 aromatic carbocycles. The highest BCUT2D eigenvalue weighted by Gasteiger charge is 2.36. The molecule has 0 spiro atoms. The van der Waals surface area contributed by atoms with E-state index in [2.05, 4.69) is 17.6 Å². The fraction of sp³-hybridized carbons (Fsp3) is 0.125. The van der Waals surface area contributed by atoms with E-state index in [0.717, 1.165) is 18.2 Å². The zero-order valence-electron chi connectivity index (χ0n) is 6.97. The Morgan fingerprint density at radius 2 is 2.00 bits per heavy atom. The van der Waals surface area contributed by atoms with Crippen molar-refractivity contribution in [2.45, 2.75) is 11.1 Å². The number of nitrogens with zero attached hydrogens (tertiary/aromatic N) is 1. The molecule has 0 N–H and O–H groups in total. The summed E-state index contributed by atoms with van der Waals surface area (Å²) in [5.41, 5.74) is -1.32. The molecule has 0 heterocycles. The summed E-state index contributed by atoms with van der Waals surface area (Å²) in [6.45, 7) is 0. The van der Waals surface area contributed by atoms with Crippen molar-refractivity contribution in [3.8, 4) is 0 Å². The lowest BCUT2D eigenvalue weighted by atomic mass is 10.2. The summed E-state index contributed by atoms with van der Waals surface area (Å²) in [5.74, 6) is 0. The normalized spacial score (nSPS) is 11.0. The maximum atomic E-state index is 12.5. The highest BCUT2D eigenvalue weighted by Crippen LogP contribution is 2.42. The molecule has 0 aliphatic carbocycles. The minimum Gasteiger partial charge on any atom is -0.211 e. The number of isocyanates is 1. The minimum absolute atomic E-state index is 0.218. The quantitative estimate of drug-likeness (QED) is 0.462. The number of alkyl halides is 3. The van der Waals surface area contributed by atoms with Crippen molar-refractivity contribution in [1.29, 1.82) is 0 Å². The Labute approximate surface area is 93.2 Å². The van der Waals surface area contributed by atoms with E-state index < -0.39 is 21.7 Å². The van der Waals surface area contributed by atoms with Crippen LogP contribution in [0.4, 0.5) is 18.9 Å². The third-order valence-electron chi connectivity index (χ3n) is 1.56. The van der Waals surface area contributed by atoms with E-state index in [4.69, 9.17) is 11.6 Å². The number of hydrogen-bond acceptors (Lipinski definition) is 3. The number of thiol groups is 1. The predicted octanol–water partition coefficient (Wildman–Crippen LogP) is 3.61. The minimum atomic E-state index is -4.64. The van der Waals surface area contributed by atoms with Crippen LogP contribution in [0.3, 0.4) is 0 Å². The smallest absolute Gasteiger partial charge is 0.211 e. The number of rotatable bonds is 1. The van der Waals surface area contributed by atoms with Gasteiger partial charge in [0.15, 0.2) is 0 Å². The van der Waals surface area contributed by atoms with Crippen molar-refractivity contribution < 1.29 is 18.0 Å². The average Bonchev–Trinajstić information content (AvgIpc) is 2.08. The van der Waals surface area contributed by atoms with Crippen LogP contribution in [0, 0.1) is 0 Å². The van der Waals surface area contributed by atoms with Gasteiger partial charge in [0.2, 0.25) is 6.08 Å². The molecule has 0 radical (unpaired) electrons. The van der Waals surface area contributed by atoms with E-state index in [-0.39, 0.29) is 5.69 Å². The molecule has 0 saturated carbocycles. The lowest BCUT2D eigenvalue weighted by Gasteiger charge is -2.12. The Kier molecular flexibility index (Phi) is 3.44. The Morgan fingerprint density at radius 1 is 1.40 bits per heavy atom. The third-order valence-corrected chi connectivity index (χ3v) is 2.32. The van der Waals surface area contributed by atoms with Crippen LogP contribution in [0.1, 0.15) is 5.56 Å². The molecule has 0 atom stereocenters. The Bertz CT molecular complexity index is 440. The van der Waals surface area contributed by atoms with Crippen LogP contribution < -0.4 is 0 Å². The van der Waals surface area contributed by atoms with Gasteiger partial charge in [-0.05, 0) is 12.1 Å². The molecule has 0 aromatic heterocycles. The number of aliphatic imine (C=N–C) groups is 1. The van der Waals surface area contributed by atoms with Crippen LogP contribution in [0.2, 0.25) is 5.02 Å². The van der Waals surface area contributed by atoms with Crippen molar-refractivity contribution in [1.82, 2.24) is 0 Å². The first kappa shape index (κ1) is 12.1. The summed E-state index contributed by atoms with van der Waals surface area (Å²) < 4.78 is 37.4. The van der Waals surface area contributed by atoms with Crippen LogP contribution in [-0.2, 0) is 11.0 Å². The van der Waals surface area contributed by atoms with Gasteiger partial charge < -0.3 is 0 Å². The molecule has 0 bridgehead atoms. The van der Waals surface area contributed by atoms with Crippen LogP contribution in [0.25, 0.3) is 0 Å². The fourth-order valence-electron chi connectivity index (χ4n) is 0.965. The van der Waals surface area contributed by atoms with Gasteiger partial charge in [-0.3, -0.25) is 0 Å². The molecule has 0 saturated heterocycles. The second-order valence-corrected chi connectivity index (χ2v) is 3.35. The molecule has 0 unspecified atom stereocenters. The first-order chi connectivity index (χ1) is 6.88. The van der Waals surface area contributed by atoms with Gasteiger partial charge in [0.25, 0.3) is 0 Å². The van der Waals surface area contributed by atoms with Gasteiger partial charge >= 0.3 is 6.18 Å². The van der Waals surface area contributed by atoms with Gasteiger partial charge in [-0.1, -0.05) is 11.6 Å². The van der Waals surface area contributed by atoms with Gasteiger partial charge in [-0.15, -0.1) is 12.6 Å². The first-order valence-corrected chi connectivity index (χ1v) is 4.37. The van der Waals surface area contributed by atoms with Crippen molar-refractivity contribution in [3.63, 3.8) is 0 Å². The van der Waals surface area contributed by atoms with Gasteiger partial charge in [-0.2, -0.15) is 18.2 Å².